The summed E-state index contributed by atoms with van der Waals surface area (Å²) in [5, 5.41) is 7.16. The number of anilines is 5. The Morgan fingerprint density at radius 3 is 1.93 bits per heavy atom. The van der Waals surface area contributed by atoms with Crippen molar-refractivity contribution in [2.45, 2.75) is 25.2 Å². The normalized spacial score (nSPS) is 14.6. The van der Waals surface area contributed by atoms with E-state index in [1.165, 1.54) is 77.6 Å². The van der Waals surface area contributed by atoms with Gasteiger partial charge in [0.15, 0.2) is 5.58 Å². The van der Waals surface area contributed by atoms with Crippen molar-refractivity contribution in [1.29, 1.82) is 0 Å². The van der Waals surface area contributed by atoms with Crippen LogP contribution in [0, 0.1) is 6.92 Å². The molecule has 2 heterocycles. The number of furan rings is 1. The van der Waals surface area contributed by atoms with E-state index in [4.69, 9.17) is 4.42 Å². The second-order valence-corrected chi connectivity index (χ2v) is 16.7. The second-order valence-electron chi connectivity index (χ2n) is 16.7. The van der Waals surface area contributed by atoms with Crippen molar-refractivity contribution in [2.75, 3.05) is 9.80 Å². The number of allylic oxidation sites excluding steroid dienone is 4. The predicted molar refractivity (Wildman–Crippen MR) is 254 cm³/mol. The fourth-order valence-electron chi connectivity index (χ4n) is 11.1. The molecule has 0 radical (unpaired) electrons. The summed E-state index contributed by atoms with van der Waals surface area (Å²) in [6.45, 7) is 2.22. The number of hydrogen-bond acceptors (Lipinski definition) is 3. The van der Waals surface area contributed by atoms with Crippen LogP contribution in [0.25, 0.3) is 54.6 Å². The topological polar surface area (TPSA) is 19.6 Å². The molecule has 61 heavy (non-hydrogen) atoms. The standard InChI is InChI=1S/C58H40N2O/c1-37-18-5-13-29-49(37)60(52-32-17-26-44-42-24-10-16-33-54(42)61-57(44)52)53-36-48-56(43-25-9-8-23-41(43)53)55-40-22-7-6-19-38(40)34-35-47(55)58(48)45-27-11-14-30-50(45)59(39-20-3-2-4-21-39)51-31-15-12-28-46(51)58/h2-3,5-20,22-36H,4,21H2,1H3. The summed E-state index contributed by atoms with van der Waals surface area (Å²) in [5.41, 5.74) is 17.1. The van der Waals surface area contributed by atoms with Gasteiger partial charge in [-0.05, 0) is 117 Å². The predicted octanol–water partition coefficient (Wildman–Crippen LogP) is 15.7. The fraction of sp³-hybridized carbons (Fsp3) is 0.0690. The van der Waals surface area contributed by atoms with Gasteiger partial charge in [0, 0.05) is 27.5 Å². The molecule has 3 heteroatoms. The lowest BCUT2D eigenvalue weighted by Gasteiger charge is -2.46. The van der Waals surface area contributed by atoms with Crippen molar-refractivity contribution >= 4 is 71.9 Å². The molecule has 0 N–H and O–H groups in total. The molecule has 0 fully saturated rings. The zero-order valence-corrected chi connectivity index (χ0v) is 33.8. The summed E-state index contributed by atoms with van der Waals surface area (Å²) in [6, 6.07) is 67.5. The van der Waals surface area contributed by atoms with Crippen LogP contribution in [0.15, 0.2) is 210 Å². The van der Waals surface area contributed by atoms with Crippen LogP contribution in [0.4, 0.5) is 28.4 Å². The average molecular weight is 781 g/mol. The van der Waals surface area contributed by atoms with Gasteiger partial charge in [-0.1, -0.05) is 158 Å². The van der Waals surface area contributed by atoms with E-state index in [9.17, 15) is 0 Å². The van der Waals surface area contributed by atoms with Crippen LogP contribution in [0.2, 0.25) is 0 Å². The molecule has 1 spiro atoms. The zero-order chi connectivity index (χ0) is 40.2. The quantitative estimate of drug-likeness (QED) is 0.177. The summed E-state index contributed by atoms with van der Waals surface area (Å²) >= 11 is 0. The molecule has 0 saturated carbocycles. The zero-order valence-electron chi connectivity index (χ0n) is 33.8. The Labute approximate surface area is 354 Å². The summed E-state index contributed by atoms with van der Waals surface area (Å²) in [5.74, 6) is 0. The molecule has 1 aliphatic heterocycles. The molecule has 288 valence electrons. The second kappa shape index (κ2) is 12.9. The molecule has 3 aliphatic rings. The summed E-state index contributed by atoms with van der Waals surface area (Å²) in [6.07, 6.45) is 8.82. The maximum Gasteiger partial charge on any atom is 0.159 e. The van der Waals surface area contributed by atoms with Crippen molar-refractivity contribution in [3.8, 4) is 11.1 Å². The first-order valence-electron chi connectivity index (χ1n) is 21.4. The van der Waals surface area contributed by atoms with E-state index < -0.39 is 5.41 Å². The first kappa shape index (κ1) is 34.3. The van der Waals surface area contributed by atoms with E-state index in [1.54, 1.807) is 0 Å². The Hall–Kier alpha value is -7.62. The molecular weight excluding hydrogens is 741 g/mol. The van der Waals surface area contributed by atoms with E-state index in [0.717, 1.165) is 51.8 Å². The molecule has 0 amide bonds. The number of aryl methyl sites for hydroxylation is 1. The van der Waals surface area contributed by atoms with Crippen LogP contribution < -0.4 is 9.80 Å². The van der Waals surface area contributed by atoms with Gasteiger partial charge >= 0.3 is 0 Å². The van der Waals surface area contributed by atoms with Gasteiger partial charge in [0.2, 0.25) is 0 Å². The molecule has 2 aliphatic carbocycles. The molecule has 1 aromatic heterocycles. The molecular formula is C58H40N2O. The van der Waals surface area contributed by atoms with Crippen LogP contribution in [0.3, 0.4) is 0 Å². The molecule has 3 nitrogen and oxygen atoms in total. The van der Waals surface area contributed by atoms with Gasteiger partial charge in [0.25, 0.3) is 0 Å². The number of fused-ring (bicyclic) bond motifs is 16. The van der Waals surface area contributed by atoms with Crippen molar-refractivity contribution in [3.63, 3.8) is 0 Å². The smallest absolute Gasteiger partial charge is 0.159 e. The van der Waals surface area contributed by atoms with Crippen LogP contribution in [-0.2, 0) is 5.41 Å². The lowest BCUT2D eigenvalue weighted by molar-refractivity contribution is 0.669. The minimum Gasteiger partial charge on any atom is -0.454 e. The molecule has 0 saturated heterocycles. The lowest BCUT2D eigenvalue weighted by Crippen LogP contribution is -2.37. The molecule has 0 unspecified atom stereocenters. The fourth-order valence-corrected chi connectivity index (χ4v) is 11.1. The highest BCUT2D eigenvalue weighted by atomic mass is 16.3. The van der Waals surface area contributed by atoms with Crippen LogP contribution in [0.5, 0.6) is 0 Å². The van der Waals surface area contributed by atoms with E-state index in [0.29, 0.717) is 0 Å². The van der Waals surface area contributed by atoms with Gasteiger partial charge < -0.3 is 14.2 Å². The highest BCUT2D eigenvalue weighted by molar-refractivity contribution is 6.18. The highest BCUT2D eigenvalue weighted by Crippen LogP contribution is 2.66. The first-order valence-corrected chi connectivity index (χ1v) is 21.4. The molecule has 10 aromatic rings. The van der Waals surface area contributed by atoms with Crippen LogP contribution in [-0.4, -0.2) is 0 Å². The Bertz CT molecular complexity index is 3480. The van der Waals surface area contributed by atoms with Crippen LogP contribution >= 0.6 is 0 Å². The van der Waals surface area contributed by atoms with E-state index in [-0.39, 0.29) is 0 Å². The Kier molecular flexibility index (Phi) is 7.27. The number of para-hydroxylation sites is 5. The number of benzene rings is 9. The average Bonchev–Trinajstić information content (AvgIpc) is 3.85. The summed E-state index contributed by atoms with van der Waals surface area (Å²) in [7, 11) is 0. The van der Waals surface area contributed by atoms with Crippen molar-refractivity contribution in [3.05, 3.63) is 234 Å². The molecule has 9 aromatic carbocycles. The summed E-state index contributed by atoms with van der Waals surface area (Å²) in [4.78, 5) is 5.02. The third-order valence-electron chi connectivity index (χ3n) is 13.6. The van der Waals surface area contributed by atoms with Gasteiger partial charge in [-0.15, -0.1) is 0 Å². The third kappa shape index (κ3) is 4.63. The largest absolute Gasteiger partial charge is 0.454 e. The van der Waals surface area contributed by atoms with Crippen molar-refractivity contribution in [2.24, 2.45) is 0 Å². The SMILES string of the molecule is Cc1ccccc1N(c1cc2c(c3ccccc13)-c1c(ccc3ccccc13)C21c2ccccc2N(C2=CC=CCC2)c2ccccc21)c1cccc2c1oc1ccccc12. The monoisotopic (exact) mass is 780 g/mol. The number of hydrogen-bond donors (Lipinski definition) is 0. The van der Waals surface area contributed by atoms with Crippen LogP contribution in [0.1, 0.15) is 40.7 Å². The summed E-state index contributed by atoms with van der Waals surface area (Å²) < 4.78 is 6.87. The number of nitrogens with zero attached hydrogens (tertiary/aromatic N) is 2. The Balaban J connectivity index is 1.21. The lowest BCUT2D eigenvalue weighted by atomic mass is 9.64. The highest BCUT2D eigenvalue weighted by Gasteiger charge is 2.53. The Morgan fingerprint density at radius 2 is 1.15 bits per heavy atom. The van der Waals surface area contributed by atoms with Gasteiger partial charge in [-0.25, -0.2) is 0 Å². The van der Waals surface area contributed by atoms with E-state index in [1.807, 2.05) is 0 Å². The maximum atomic E-state index is 6.87. The first-order chi connectivity index (χ1) is 30.2. The molecule has 0 bridgehead atoms. The Morgan fingerprint density at radius 1 is 0.508 bits per heavy atom. The molecule has 0 atom stereocenters. The van der Waals surface area contributed by atoms with Crippen molar-refractivity contribution in [1.82, 2.24) is 0 Å². The van der Waals surface area contributed by atoms with E-state index >= 15 is 0 Å². The van der Waals surface area contributed by atoms with Gasteiger partial charge in [0.05, 0.1) is 28.2 Å². The minimum atomic E-state index is -0.634. The van der Waals surface area contributed by atoms with Gasteiger partial charge in [-0.2, -0.15) is 0 Å². The third-order valence-corrected chi connectivity index (χ3v) is 13.6. The minimum absolute atomic E-state index is 0.634. The van der Waals surface area contributed by atoms with Crippen molar-refractivity contribution < 1.29 is 4.42 Å². The molecule has 13 rings (SSSR count). The van der Waals surface area contributed by atoms with E-state index in [2.05, 4.69) is 217 Å². The van der Waals surface area contributed by atoms with Gasteiger partial charge in [-0.3, -0.25) is 0 Å². The maximum absolute atomic E-state index is 6.87. The van der Waals surface area contributed by atoms with Gasteiger partial charge in [0.1, 0.15) is 5.58 Å². The number of rotatable bonds is 4.